The molecule has 82 valence electrons. The fourth-order valence-corrected chi connectivity index (χ4v) is 1.99. The Hall–Kier alpha value is -0.570. The second-order valence-corrected chi connectivity index (χ2v) is 4.53. The molecule has 1 aliphatic rings. The van der Waals surface area contributed by atoms with E-state index >= 15 is 0 Å². The maximum Gasteiger partial charge on any atom is 0.303 e. The van der Waals surface area contributed by atoms with Gasteiger partial charge in [0.25, 0.3) is 0 Å². The topological polar surface area (TPSA) is 40.5 Å². The molecule has 0 saturated carbocycles. The fraction of sp³-hybridized carbons (Fsp3) is 0.909. The normalized spacial score (nSPS) is 20.4. The summed E-state index contributed by atoms with van der Waals surface area (Å²) in [6.45, 7) is 7.88. The third kappa shape index (κ3) is 3.66. The van der Waals surface area contributed by atoms with Gasteiger partial charge in [-0.25, -0.2) is 0 Å². The van der Waals surface area contributed by atoms with E-state index in [1.807, 2.05) is 0 Å². The molecule has 1 heterocycles. The van der Waals surface area contributed by atoms with Crippen molar-refractivity contribution in [2.24, 2.45) is 11.8 Å². The van der Waals surface area contributed by atoms with Crippen LogP contribution in [-0.2, 0) is 4.79 Å². The number of likely N-dealkylation sites (tertiary alicyclic amines) is 1. The molecule has 1 atom stereocenters. The monoisotopic (exact) mass is 199 g/mol. The molecule has 1 fully saturated rings. The summed E-state index contributed by atoms with van der Waals surface area (Å²) in [6, 6.07) is 0. The van der Waals surface area contributed by atoms with Crippen LogP contribution in [0.15, 0.2) is 0 Å². The summed E-state index contributed by atoms with van der Waals surface area (Å²) in [7, 11) is 0. The van der Waals surface area contributed by atoms with Crippen LogP contribution in [0.3, 0.4) is 0 Å². The molecule has 0 aromatic rings. The zero-order chi connectivity index (χ0) is 10.6. The van der Waals surface area contributed by atoms with Crippen LogP contribution in [0.5, 0.6) is 0 Å². The number of carboxylic acids is 1. The first-order chi connectivity index (χ1) is 6.61. The van der Waals surface area contributed by atoms with Gasteiger partial charge in [-0.15, -0.1) is 0 Å². The van der Waals surface area contributed by atoms with Crippen molar-refractivity contribution in [2.45, 2.75) is 33.1 Å². The van der Waals surface area contributed by atoms with E-state index < -0.39 is 5.97 Å². The Kier molecular flexibility index (Phi) is 4.39. The first-order valence-corrected chi connectivity index (χ1v) is 5.56. The van der Waals surface area contributed by atoms with Gasteiger partial charge in [-0.1, -0.05) is 20.3 Å². The highest BCUT2D eigenvalue weighted by atomic mass is 16.4. The van der Waals surface area contributed by atoms with Gasteiger partial charge in [0.2, 0.25) is 0 Å². The van der Waals surface area contributed by atoms with Crippen LogP contribution in [0.25, 0.3) is 0 Å². The molecule has 3 heteroatoms. The first-order valence-electron chi connectivity index (χ1n) is 5.56. The van der Waals surface area contributed by atoms with E-state index in [-0.39, 0.29) is 0 Å². The molecular formula is C11H21NO2. The van der Waals surface area contributed by atoms with Crippen LogP contribution in [-0.4, -0.2) is 35.6 Å². The van der Waals surface area contributed by atoms with Crippen LogP contribution < -0.4 is 0 Å². The van der Waals surface area contributed by atoms with Crippen molar-refractivity contribution >= 4 is 5.97 Å². The van der Waals surface area contributed by atoms with E-state index in [0.29, 0.717) is 12.3 Å². The minimum atomic E-state index is -0.674. The SMILES string of the molecule is CCC1CN(CC(C)CCC(=O)O)C1. The fourth-order valence-electron chi connectivity index (χ4n) is 1.99. The Morgan fingerprint density at radius 3 is 2.71 bits per heavy atom. The average molecular weight is 199 g/mol. The largest absolute Gasteiger partial charge is 0.481 e. The number of aliphatic carboxylic acids is 1. The molecule has 0 spiro atoms. The Labute approximate surface area is 86.1 Å². The van der Waals surface area contributed by atoms with E-state index in [2.05, 4.69) is 18.7 Å². The second-order valence-electron chi connectivity index (χ2n) is 4.53. The van der Waals surface area contributed by atoms with Gasteiger partial charge in [0, 0.05) is 26.1 Å². The van der Waals surface area contributed by atoms with Gasteiger partial charge in [0.1, 0.15) is 0 Å². The molecule has 14 heavy (non-hydrogen) atoms. The number of nitrogens with zero attached hydrogens (tertiary/aromatic N) is 1. The minimum Gasteiger partial charge on any atom is -0.481 e. The van der Waals surface area contributed by atoms with E-state index in [1.54, 1.807) is 0 Å². The maximum absolute atomic E-state index is 10.4. The molecule has 0 aliphatic carbocycles. The lowest BCUT2D eigenvalue weighted by Gasteiger charge is -2.40. The molecule has 0 bridgehead atoms. The van der Waals surface area contributed by atoms with Gasteiger partial charge >= 0.3 is 5.97 Å². The summed E-state index contributed by atoms with van der Waals surface area (Å²) in [6.07, 6.45) is 2.40. The molecule has 0 aromatic heterocycles. The van der Waals surface area contributed by atoms with Gasteiger partial charge in [-0.3, -0.25) is 4.79 Å². The highest BCUT2D eigenvalue weighted by Gasteiger charge is 2.25. The molecule has 0 radical (unpaired) electrons. The molecule has 1 saturated heterocycles. The van der Waals surface area contributed by atoms with E-state index in [9.17, 15) is 4.79 Å². The molecular weight excluding hydrogens is 178 g/mol. The zero-order valence-corrected chi connectivity index (χ0v) is 9.20. The number of carboxylic acid groups (broad SMARTS) is 1. The predicted octanol–water partition coefficient (Wildman–Crippen LogP) is 1.83. The highest BCUT2D eigenvalue weighted by Crippen LogP contribution is 2.20. The molecule has 1 aliphatic heterocycles. The Morgan fingerprint density at radius 1 is 1.57 bits per heavy atom. The molecule has 0 amide bonds. The Balaban J connectivity index is 2.04. The summed E-state index contributed by atoms with van der Waals surface area (Å²) in [5.41, 5.74) is 0. The van der Waals surface area contributed by atoms with Crippen molar-refractivity contribution in [1.29, 1.82) is 0 Å². The van der Waals surface area contributed by atoms with Crippen molar-refractivity contribution in [3.05, 3.63) is 0 Å². The number of hydrogen-bond donors (Lipinski definition) is 1. The molecule has 0 aromatic carbocycles. The van der Waals surface area contributed by atoms with Crippen molar-refractivity contribution in [2.75, 3.05) is 19.6 Å². The third-order valence-corrected chi connectivity index (χ3v) is 3.03. The van der Waals surface area contributed by atoms with E-state index in [0.717, 1.165) is 18.9 Å². The van der Waals surface area contributed by atoms with Crippen molar-refractivity contribution in [3.8, 4) is 0 Å². The predicted molar refractivity (Wildman–Crippen MR) is 56.3 cm³/mol. The number of rotatable bonds is 6. The maximum atomic E-state index is 10.4. The van der Waals surface area contributed by atoms with Crippen LogP contribution >= 0.6 is 0 Å². The van der Waals surface area contributed by atoms with E-state index in [1.165, 1.54) is 19.5 Å². The summed E-state index contributed by atoms with van der Waals surface area (Å²) in [5.74, 6) is 0.734. The highest BCUT2D eigenvalue weighted by molar-refractivity contribution is 5.66. The van der Waals surface area contributed by atoms with Crippen LogP contribution in [0, 0.1) is 11.8 Å². The lowest BCUT2D eigenvalue weighted by Crippen LogP contribution is -2.47. The van der Waals surface area contributed by atoms with Gasteiger partial charge in [0.05, 0.1) is 0 Å². The zero-order valence-electron chi connectivity index (χ0n) is 9.20. The van der Waals surface area contributed by atoms with Crippen molar-refractivity contribution in [1.82, 2.24) is 4.90 Å². The van der Waals surface area contributed by atoms with Crippen LogP contribution in [0.2, 0.25) is 0 Å². The van der Waals surface area contributed by atoms with Crippen LogP contribution in [0.1, 0.15) is 33.1 Å². The third-order valence-electron chi connectivity index (χ3n) is 3.03. The lowest BCUT2D eigenvalue weighted by molar-refractivity contribution is -0.137. The lowest BCUT2D eigenvalue weighted by atomic mass is 9.95. The minimum absolute atomic E-state index is 0.312. The average Bonchev–Trinajstić information content (AvgIpc) is 2.07. The van der Waals surface area contributed by atoms with E-state index in [4.69, 9.17) is 5.11 Å². The smallest absolute Gasteiger partial charge is 0.303 e. The van der Waals surface area contributed by atoms with Gasteiger partial charge in [-0.2, -0.15) is 0 Å². The summed E-state index contributed by atoms with van der Waals surface area (Å²) >= 11 is 0. The van der Waals surface area contributed by atoms with Gasteiger partial charge < -0.3 is 10.0 Å². The Morgan fingerprint density at radius 2 is 2.21 bits per heavy atom. The van der Waals surface area contributed by atoms with Crippen molar-refractivity contribution < 1.29 is 9.90 Å². The second kappa shape index (κ2) is 5.35. The summed E-state index contributed by atoms with van der Waals surface area (Å²) < 4.78 is 0. The summed E-state index contributed by atoms with van der Waals surface area (Å²) in [5, 5.41) is 8.53. The Bertz CT molecular complexity index is 188. The number of hydrogen-bond acceptors (Lipinski definition) is 2. The van der Waals surface area contributed by atoms with Crippen LogP contribution in [0.4, 0.5) is 0 Å². The van der Waals surface area contributed by atoms with Crippen molar-refractivity contribution in [3.63, 3.8) is 0 Å². The standard InChI is InChI=1S/C11H21NO2/c1-3-10-7-12(8-10)6-9(2)4-5-11(13)14/h9-10H,3-8H2,1-2H3,(H,13,14). The van der Waals surface area contributed by atoms with Gasteiger partial charge in [0.15, 0.2) is 0 Å². The number of carbonyl (C=O) groups is 1. The molecule has 1 rings (SSSR count). The first kappa shape index (κ1) is 11.5. The van der Waals surface area contributed by atoms with Gasteiger partial charge in [-0.05, 0) is 18.3 Å². The molecule has 3 nitrogen and oxygen atoms in total. The molecule has 1 N–H and O–H groups in total. The molecule has 1 unspecified atom stereocenters. The summed E-state index contributed by atoms with van der Waals surface area (Å²) in [4.78, 5) is 12.8. The quantitative estimate of drug-likeness (QED) is 0.709.